The van der Waals surface area contributed by atoms with Crippen molar-refractivity contribution in [1.82, 2.24) is 19.5 Å². The van der Waals surface area contributed by atoms with E-state index in [4.69, 9.17) is 4.74 Å². The van der Waals surface area contributed by atoms with Crippen LogP contribution in [0, 0.1) is 0 Å². The first-order valence-corrected chi connectivity index (χ1v) is 11.7. The van der Waals surface area contributed by atoms with Crippen LogP contribution in [-0.4, -0.2) is 50.4 Å². The van der Waals surface area contributed by atoms with E-state index in [1.807, 2.05) is 48.0 Å². The van der Waals surface area contributed by atoms with Gasteiger partial charge < -0.3 is 9.64 Å². The lowest BCUT2D eigenvalue weighted by molar-refractivity contribution is -0.132. The zero-order valence-electron chi connectivity index (χ0n) is 17.6. The molecule has 7 heteroatoms. The molecule has 0 N–H and O–H groups in total. The summed E-state index contributed by atoms with van der Waals surface area (Å²) in [6, 6.07) is 10.4. The molecule has 4 rings (SSSR count). The summed E-state index contributed by atoms with van der Waals surface area (Å²) in [7, 11) is 0. The number of amides is 1. The Kier molecular flexibility index (Phi) is 6.57. The van der Waals surface area contributed by atoms with Crippen molar-refractivity contribution in [2.45, 2.75) is 50.6 Å². The van der Waals surface area contributed by atoms with E-state index < -0.39 is 0 Å². The fourth-order valence-electron chi connectivity index (χ4n) is 4.01. The average molecular weight is 425 g/mol. The third-order valence-corrected chi connectivity index (χ3v) is 6.55. The molecule has 1 atom stereocenters. The van der Waals surface area contributed by atoms with E-state index in [0.29, 0.717) is 18.4 Å². The number of carbonyl (C=O) groups is 1. The molecule has 1 amide bonds. The fourth-order valence-corrected chi connectivity index (χ4v) is 4.87. The normalized spacial score (nSPS) is 16.7. The van der Waals surface area contributed by atoms with E-state index >= 15 is 0 Å². The minimum Gasteiger partial charge on any atom is -0.494 e. The molecule has 0 bridgehead atoms. The highest BCUT2D eigenvalue weighted by Gasteiger charge is 2.25. The van der Waals surface area contributed by atoms with Crippen molar-refractivity contribution < 1.29 is 9.53 Å². The number of nitrogens with zero attached hydrogens (tertiary/aromatic N) is 4. The lowest BCUT2D eigenvalue weighted by Crippen LogP contribution is -2.44. The highest BCUT2D eigenvalue weighted by Crippen LogP contribution is 2.28. The number of fused-ring (bicyclic) bond motifs is 1. The Labute approximate surface area is 181 Å². The summed E-state index contributed by atoms with van der Waals surface area (Å²) in [5, 5.41) is 5.52. The van der Waals surface area contributed by atoms with E-state index in [-0.39, 0.29) is 5.91 Å². The number of piperidine rings is 1. The molecule has 0 spiro atoms. The van der Waals surface area contributed by atoms with Crippen LogP contribution in [0.1, 0.15) is 39.5 Å². The topological polar surface area (TPSA) is 59.7 Å². The lowest BCUT2D eigenvalue weighted by Gasteiger charge is -2.35. The first kappa shape index (κ1) is 20.7. The number of likely N-dealkylation sites (tertiary alicyclic amines) is 1. The maximum absolute atomic E-state index is 12.8. The summed E-state index contributed by atoms with van der Waals surface area (Å²) in [4.78, 5) is 19.4. The summed E-state index contributed by atoms with van der Waals surface area (Å²) >= 11 is 1.50. The largest absolute Gasteiger partial charge is 0.494 e. The minimum absolute atomic E-state index is 0.210. The number of thioether (sulfide) groups is 1. The number of hydrogen-bond acceptors (Lipinski definition) is 5. The second-order valence-electron chi connectivity index (χ2n) is 7.48. The van der Waals surface area contributed by atoms with Gasteiger partial charge in [-0.2, -0.15) is 5.10 Å². The van der Waals surface area contributed by atoms with Gasteiger partial charge in [-0.3, -0.25) is 4.79 Å². The third-order valence-electron chi connectivity index (χ3n) is 5.57. The Bertz CT molecular complexity index is 1000. The monoisotopic (exact) mass is 424 g/mol. The highest BCUT2D eigenvalue weighted by molar-refractivity contribution is 8.00. The molecule has 30 heavy (non-hydrogen) atoms. The van der Waals surface area contributed by atoms with Crippen molar-refractivity contribution in [2.24, 2.45) is 0 Å². The summed E-state index contributed by atoms with van der Waals surface area (Å²) in [6.07, 6.45) is 8.06. The minimum atomic E-state index is 0.210. The molecule has 1 aliphatic heterocycles. The number of carbonyl (C=O) groups excluding carboxylic acids is 1. The van der Waals surface area contributed by atoms with Gasteiger partial charge in [0.15, 0.2) is 0 Å². The van der Waals surface area contributed by atoms with Crippen molar-refractivity contribution in [3.8, 4) is 17.0 Å². The van der Waals surface area contributed by atoms with E-state index in [1.54, 1.807) is 6.20 Å². The van der Waals surface area contributed by atoms with Gasteiger partial charge in [0.1, 0.15) is 10.8 Å². The number of rotatable bonds is 7. The smallest absolute Gasteiger partial charge is 0.233 e. The first-order chi connectivity index (χ1) is 14.7. The van der Waals surface area contributed by atoms with Gasteiger partial charge in [0.25, 0.3) is 0 Å². The van der Waals surface area contributed by atoms with Crippen LogP contribution in [0.3, 0.4) is 0 Å². The lowest BCUT2D eigenvalue weighted by atomic mass is 10.0. The van der Waals surface area contributed by atoms with Gasteiger partial charge in [0.2, 0.25) is 5.91 Å². The van der Waals surface area contributed by atoms with Gasteiger partial charge in [-0.15, -0.1) is 0 Å². The molecule has 0 radical (unpaired) electrons. The van der Waals surface area contributed by atoms with Crippen LogP contribution >= 0.6 is 11.8 Å². The number of aromatic nitrogens is 3. The van der Waals surface area contributed by atoms with Crippen molar-refractivity contribution in [3.05, 3.63) is 42.7 Å². The van der Waals surface area contributed by atoms with E-state index in [1.165, 1.54) is 18.2 Å². The van der Waals surface area contributed by atoms with Crippen LogP contribution in [0.5, 0.6) is 5.75 Å². The fraction of sp³-hybridized carbons (Fsp3) is 0.435. The Hall–Kier alpha value is -2.54. The maximum Gasteiger partial charge on any atom is 0.233 e. The predicted molar refractivity (Wildman–Crippen MR) is 120 cm³/mol. The zero-order valence-corrected chi connectivity index (χ0v) is 18.4. The predicted octanol–water partition coefficient (Wildman–Crippen LogP) is 4.68. The summed E-state index contributed by atoms with van der Waals surface area (Å²) in [5.41, 5.74) is 2.82. The van der Waals surface area contributed by atoms with Crippen LogP contribution in [-0.2, 0) is 4.79 Å². The second kappa shape index (κ2) is 9.51. The van der Waals surface area contributed by atoms with Gasteiger partial charge >= 0.3 is 0 Å². The zero-order chi connectivity index (χ0) is 20.9. The molecule has 1 aliphatic rings. The van der Waals surface area contributed by atoms with Crippen LogP contribution < -0.4 is 4.74 Å². The Morgan fingerprint density at radius 1 is 1.23 bits per heavy atom. The van der Waals surface area contributed by atoms with Gasteiger partial charge in [0, 0.05) is 30.5 Å². The first-order valence-electron chi connectivity index (χ1n) is 10.7. The van der Waals surface area contributed by atoms with Crippen LogP contribution in [0.15, 0.2) is 47.8 Å². The highest BCUT2D eigenvalue weighted by atomic mass is 32.2. The standard InChI is InChI=1S/C23H28N4O2S/c1-3-18-7-5-6-13-26(18)22(28)16-30-23-21-15-20(25-27(21)14-12-24-23)17-8-10-19(11-9-17)29-4-2/h8-12,14-15,18H,3-7,13,16H2,1-2H3/t18-/m1/s1. The SMILES string of the molecule is CCOc1ccc(-c2cc3c(SCC(=O)N4CCCC[C@H]4CC)nccn3n2)cc1. The Balaban J connectivity index is 1.50. The molecule has 1 saturated heterocycles. The van der Waals surface area contributed by atoms with E-state index in [2.05, 4.69) is 21.9 Å². The van der Waals surface area contributed by atoms with Crippen LogP contribution in [0.25, 0.3) is 16.8 Å². The Morgan fingerprint density at radius 3 is 2.83 bits per heavy atom. The van der Waals surface area contributed by atoms with Crippen molar-refractivity contribution >= 4 is 23.2 Å². The third kappa shape index (κ3) is 4.46. The molecule has 0 aliphatic carbocycles. The van der Waals surface area contributed by atoms with Gasteiger partial charge in [0.05, 0.1) is 23.6 Å². The summed E-state index contributed by atoms with van der Waals surface area (Å²) < 4.78 is 7.35. The van der Waals surface area contributed by atoms with Gasteiger partial charge in [-0.25, -0.2) is 9.50 Å². The quantitative estimate of drug-likeness (QED) is 0.516. The summed E-state index contributed by atoms with van der Waals surface area (Å²) in [6.45, 7) is 5.67. The van der Waals surface area contributed by atoms with Crippen LogP contribution in [0.2, 0.25) is 0 Å². The molecule has 2 aromatic heterocycles. The molecular formula is C23H28N4O2S. The number of ether oxygens (including phenoxy) is 1. The van der Waals surface area contributed by atoms with Gasteiger partial charge in [-0.1, -0.05) is 18.7 Å². The number of hydrogen-bond donors (Lipinski definition) is 0. The molecule has 0 unspecified atom stereocenters. The Morgan fingerprint density at radius 2 is 2.07 bits per heavy atom. The van der Waals surface area contributed by atoms with Crippen LogP contribution in [0.4, 0.5) is 0 Å². The van der Waals surface area contributed by atoms with Crippen molar-refractivity contribution in [2.75, 3.05) is 18.9 Å². The van der Waals surface area contributed by atoms with E-state index in [0.717, 1.165) is 53.4 Å². The van der Waals surface area contributed by atoms with Crippen molar-refractivity contribution in [3.63, 3.8) is 0 Å². The summed E-state index contributed by atoms with van der Waals surface area (Å²) in [5.74, 6) is 1.47. The average Bonchev–Trinajstić information content (AvgIpc) is 3.23. The molecule has 0 saturated carbocycles. The molecule has 1 aromatic carbocycles. The maximum atomic E-state index is 12.8. The van der Waals surface area contributed by atoms with Crippen molar-refractivity contribution in [1.29, 1.82) is 0 Å². The molecule has 6 nitrogen and oxygen atoms in total. The molecule has 158 valence electrons. The van der Waals surface area contributed by atoms with E-state index in [9.17, 15) is 4.79 Å². The second-order valence-corrected chi connectivity index (χ2v) is 8.45. The van der Waals surface area contributed by atoms with Gasteiger partial charge in [-0.05, 0) is 62.9 Å². The molecular weight excluding hydrogens is 396 g/mol. The number of benzene rings is 1. The molecule has 1 fully saturated rings. The molecule has 3 aromatic rings. The molecule has 3 heterocycles.